The summed E-state index contributed by atoms with van der Waals surface area (Å²) >= 11 is 0. The van der Waals surface area contributed by atoms with Crippen molar-refractivity contribution in [2.24, 2.45) is 0 Å². The van der Waals surface area contributed by atoms with Crippen LogP contribution in [0.3, 0.4) is 0 Å². The molecule has 0 spiro atoms. The van der Waals surface area contributed by atoms with Crippen molar-refractivity contribution in [1.82, 2.24) is 0 Å². The molecule has 0 radical (unpaired) electrons. The maximum atomic E-state index is 10.6. The number of nitro groups is 1. The van der Waals surface area contributed by atoms with E-state index < -0.39 is 4.92 Å². The minimum atomic E-state index is -0.394. The molecule has 0 saturated carbocycles. The van der Waals surface area contributed by atoms with Gasteiger partial charge in [-0.2, -0.15) is 0 Å². The summed E-state index contributed by atoms with van der Waals surface area (Å²) in [4.78, 5) is 10.2. The lowest BCUT2D eigenvalue weighted by molar-refractivity contribution is -0.385. The first-order valence-corrected chi connectivity index (χ1v) is 4.10. The van der Waals surface area contributed by atoms with Crippen molar-refractivity contribution in [3.8, 4) is 0 Å². The third-order valence-corrected chi connectivity index (χ3v) is 2.10. The van der Waals surface area contributed by atoms with Crippen molar-refractivity contribution < 1.29 is 4.92 Å². The molecule has 0 aliphatic carbocycles. The Morgan fingerprint density at radius 2 is 2.15 bits per heavy atom. The Morgan fingerprint density at radius 1 is 1.54 bits per heavy atom. The first-order valence-electron chi connectivity index (χ1n) is 4.10. The Hall–Kier alpha value is -1.58. The highest BCUT2D eigenvalue weighted by atomic mass is 16.6. The number of benzene rings is 1. The molecule has 4 nitrogen and oxygen atoms in total. The first kappa shape index (κ1) is 9.51. The van der Waals surface area contributed by atoms with Crippen LogP contribution >= 0.6 is 0 Å². The van der Waals surface area contributed by atoms with Gasteiger partial charge in [0.1, 0.15) is 0 Å². The van der Waals surface area contributed by atoms with Crippen LogP contribution in [0.5, 0.6) is 0 Å². The molecule has 0 amide bonds. The second-order valence-corrected chi connectivity index (χ2v) is 2.90. The van der Waals surface area contributed by atoms with E-state index in [2.05, 4.69) is 0 Å². The molecule has 1 rings (SSSR count). The van der Waals surface area contributed by atoms with Gasteiger partial charge in [0.05, 0.1) is 10.5 Å². The average Bonchev–Trinajstić information content (AvgIpc) is 2.09. The molecule has 0 aliphatic heterocycles. The van der Waals surface area contributed by atoms with E-state index in [1.54, 1.807) is 6.07 Å². The van der Waals surface area contributed by atoms with Crippen LogP contribution in [-0.4, -0.2) is 4.92 Å². The summed E-state index contributed by atoms with van der Waals surface area (Å²) in [6.07, 6.45) is 0.587. The molecule has 0 fully saturated rings. The molecule has 70 valence electrons. The Kier molecular flexibility index (Phi) is 2.51. The molecule has 0 bridgehead atoms. The zero-order valence-corrected chi connectivity index (χ0v) is 7.70. The molecule has 0 aromatic heterocycles. The fourth-order valence-electron chi connectivity index (χ4n) is 1.31. The molecule has 0 unspecified atom stereocenters. The summed E-state index contributed by atoms with van der Waals surface area (Å²) in [5.41, 5.74) is 7.90. The maximum Gasteiger partial charge on any atom is 0.274 e. The number of anilines is 1. The van der Waals surface area contributed by atoms with Crippen LogP contribution in [0, 0.1) is 17.0 Å². The van der Waals surface area contributed by atoms with Gasteiger partial charge >= 0.3 is 0 Å². The van der Waals surface area contributed by atoms with Gasteiger partial charge in [-0.3, -0.25) is 10.1 Å². The monoisotopic (exact) mass is 180 g/mol. The highest BCUT2D eigenvalue weighted by Crippen LogP contribution is 2.27. The summed E-state index contributed by atoms with van der Waals surface area (Å²) in [7, 11) is 0. The van der Waals surface area contributed by atoms with Gasteiger partial charge in [-0.25, -0.2) is 0 Å². The molecule has 0 saturated heterocycles. The lowest BCUT2D eigenvalue weighted by Crippen LogP contribution is -2.01. The number of nitro benzene ring substituents is 1. The fraction of sp³-hybridized carbons (Fsp3) is 0.333. The van der Waals surface area contributed by atoms with Crippen LogP contribution in [0.15, 0.2) is 12.1 Å². The normalized spacial score (nSPS) is 10.0. The third kappa shape index (κ3) is 1.61. The van der Waals surface area contributed by atoms with Crippen LogP contribution < -0.4 is 5.73 Å². The van der Waals surface area contributed by atoms with Crippen LogP contribution in [0.25, 0.3) is 0 Å². The van der Waals surface area contributed by atoms with Crippen LogP contribution in [0.2, 0.25) is 0 Å². The second kappa shape index (κ2) is 3.43. The number of nitrogens with zero attached hydrogens (tertiary/aromatic N) is 1. The third-order valence-electron chi connectivity index (χ3n) is 2.10. The molecule has 13 heavy (non-hydrogen) atoms. The fourth-order valence-corrected chi connectivity index (χ4v) is 1.31. The summed E-state index contributed by atoms with van der Waals surface area (Å²) in [6, 6.07) is 3.18. The van der Waals surface area contributed by atoms with Crippen molar-refractivity contribution >= 4 is 11.4 Å². The van der Waals surface area contributed by atoms with Crippen LogP contribution in [-0.2, 0) is 6.42 Å². The predicted octanol–water partition coefficient (Wildman–Crippen LogP) is 2.05. The molecular weight excluding hydrogens is 168 g/mol. The second-order valence-electron chi connectivity index (χ2n) is 2.90. The number of nitrogen functional groups attached to an aromatic ring is 1. The Balaban J connectivity index is 3.38. The Labute approximate surface area is 76.5 Å². The van der Waals surface area contributed by atoms with Gasteiger partial charge in [-0.15, -0.1) is 0 Å². The number of hydrogen-bond donors (Lipinski definition) is 1. The summed E-state index contributed by atoms with van der Waals surface area (Å²) in [5.74, 6) is 0. The standard InChI is InChI=1S/C9H12N2O2/c1-3-7-8(11(12)13)5-4-6(2)9(7)10/h4-5H,3,10H2,1-2H3. The SMILES string of the molecule is CCc1c([N+](=O)[O-])ccc(C)c1N. The van der Waals surface area contributed by atoms with E-state index in [0.29, 0.717) is 17.7 Å². The van der Waals surface area contributed by atoms with Gasteiger partial charge < -0.3 is 5.73 Å². The lowest BCUT2D eigenvalue weighted by atomic mass is 10.0. The smallest absolute Gasteiger partial charge is 0.274 e. The Bertz CT molecular complexity index is 348. The number of hydrogen-bond acceptors (Lipinski definition) is 3. The van der Waals surface area contributed by atoms with Gasteiger partial charge in [-0.1, -0.05) is 13.0 Å². The quantitative estimate of drug-likeness (QED) is 0.430. The number of rotatable bonds is 2. The predicted molar refractivity (Wildman–Crippen MR) is 51.6 cm³/mol. The van der Waals surface area contributed by atoms with Gasteiger partial charge in [0.25, 0.3) is 5.69 Å². The van der Waals surface area contributed by atoms with Gasteiger partial charge in [0.15, 0.2) is 0 Å². The summed E-state index contributed by atoms with van der Waals surface area (Å²) in [5, 5.41) is 10.6. The van der Waals surface area contributed by atoms with E-state index in [1.807, 2.05) is 13.8 Å². The minimum absolute atomic E-state index is 0.116. The first-order chi connectivity index (χ1) is 6.07. The van der Waals surface area contributed by atoms with Gasteiger partial charge in [0.2, 0.25) is 0 Å². The largest absolute Gasteiger partial charge is 0.398 e. The van der Waals surface area contributed by atoms with E-state index in [0.717, 1.165) is 5.56 Å². The molecule has 2 N–H and O–H groups in total. The summed E-state index contributed by atoms with van der Waals surface area (Å²) in [6.45, 7) is 3.70. The van der Waals surface area contributed by atoms with E-state index in [1.165, 1.54) is 6.07 Å². The average molecular weight is 180 g/mol. The van der Waals surface area contributed by atoms with E-state index in [9.17, 15) is 10.1 Å². The van der Waals surface area contributed by atoms with Crippen molar-refractivity contribution in [2.45, 2.75) is 20.3 Å². The van der Waals surface area contributed by atoms with Crippen molar-refractivity contribution in [3.05, 3.63) is 33.4 Å². The van der Waals surface area contributed by atoms with Crippen molar-refractivity contribution in [2.75, 3.05) is 5.73 Å². The van der Waals surface area contributed by atoms with E-state index >= 15 is 0 Å². The molecule has 1 aromatic rings. The van der Waals surface area contributed by atoms with Crippen LogP contribution in [0.4, 0.5) is 11.4 Å². The molecule has 4 heteroatoms. The highest BCUT2D eigenvalue weighted by Gasteiger charge is 2.15. The van der Waals surface area contributed by atoms with Crippen LogP contribution in [0.1, 0.15) is 18.1 Å². The molecule has 0 atom stereocenters. The topological polar surface area (TPSA) is 69.2 Å². The zero-order chi connectivity index (χ0) is 10.0. The van der Waals surface area contributed by atoms with Gasteiger partial charge in [0, 0.05) is 11.8 Å². The Morgan fingerprint density at radius 3 is 2.62 bits per heavy atom. The summed E-state index contributed by atoms with van der Waals surface area (Å²) < 4.78 is 0. The molecular formula is C9H12N2O2. The maximum absolute atomic E-state index is 10.6. The van der Waals surface area contributed by atoms with E-state index in [4.69, 9.17) is 5.73 Å². The molecule has 1 aromatic carbocycles. The zero-order valence-electron chi connectivity index (χ0n) is 7.70. The molecule has 0 aliphatic rings. The highest BCUT2D eigenvalue weighted by molar-refractivity contribution is 5.62. The van der Waals surface area contributed by atoms with Crippen molar-refractivity contribution in [3.63, 3.8) is 0 Å². The minimum Gasteiger partial charge on any atom is -0.398 e. The van der Waals surface area contributed by atoms with Crippen molar-refractivity contribution in [1.29, 1.82) is 0 Å². The van der Waals surface area contributed by atoms with Gasteiger partial charge in [-0.05, 0) is 18.9 Å². The number of nitrogens with two attached hydrogens (primary N) is 1. The lowest BCUT2D eigenvalue weighted by Gasteiger charge is -2.06. The molecule has 0 heterocycles. The van der Waals surface area contributed by atoms with E-state index in [-0.39, 0.29) is 5.69 Å². The number of aryl methyl sites for hydroxylation is 1.